The molecule has 146 valence electrons. The van der Waals surface area contributed by atoms with Gasteiger partial charge < -0.3 is 0 Å². The number of hydrogen-bond donors (Lipinski definition) is 0. The predicted octanol–water partition coefficient (Wildman–Crippen LogP) is 5.24. The topological polar surface area (TPSA) is 51.6 Å². The summed E-state index contributed by atoms with van der Waals surface area (Å²) in [6.07, 6.45) is 8.34. The molecule has 0 amide bonds. The lowest BCUT2D eigenvalue weighted by Crippen LogP contribution is -2.19. The molecule has 4 nitrogen and oxygen atoms in total. The van der Waals surface area contributed by atoms with Gasteiger partial charge in [-0.15, -0.1) is 0 Å². The molecule has 0 unspecified atom stereocenters. The molecule has 1 aliphatic carbocycles. The normalized spacial score (nSPS) is 15.2. The third-order valence-corrected chi connectivity index (χ3v) is 5.06. The second-order valence-corrected chi connectivity index (χ2v) is 10.2. The van der Waals surface area contributed by atoms with Gasteiger partial charge in [-0.1, -0.05) is 34.6 Å². The Morgan fingerprint density at radius 1 is 0.963 bits per heavy atom. The summed E-state index contributed by atoms with van der Waals surface area (Å²) in [5, 5.41) is 0. The summed E-state index contributed by atoms with van der Waals surface area (Å²) in [4.78, 5) is 18.8. The van der Waals surface area contributed by atoms with E-state index in [1.54, 1.807) is 0 Å². The van der Waals surface area contributed by atoms with Crippen LogP contribution in [0.4, 0.5) is 0 Å². The van der Waals surface area contributed by atoms with E-state index >= 15 is 0 Å². The van der Waals surface area contributed by atoms with Gasteiger partial charge in [0.2, 0.25) is 0 Å². The molecule has 0 radical (unpaired) electrons. The molecule has 4 heteroatoms. The van der Waals surface area contributed by atoms with Gasteiger partial charge >= 0.3 is 0 Å². The first-order chi connectivity index (χ1) is 12.6. The van der Waals surface area contributed by atoms with Crippen LogP contribution in [-0.4, -0.2) is 19.9 Å². The lowest BCUT2D eigenvalue weighted by atomic mass is 9.83. The molecule has 0 bridgehead atoms. The average molecular weight is 367 g/mol. The maximum absolute atomic E-state index is 4.83. The summed E-state index contributed by atoms with van der Waals surface area (Å²) in [6.45, 7) is 13.4. The molecule has 1 aliphatic rings. The maximum Gasteiger partial charge on any atom is 0.129 e. The Kier molecular flexibility index (Phi) is 5.64. The lowest BCUT2D eigenvalue weighted by Gasteiger charge is -2.24. The van der Waals surface area contributed by atoms with Crippen LogP contribution in [0, 0.1) is 17.8 Å². The number of aromatic nitrogens is 4. The molecule has 1 saturated carbocycles. The van der Waals surface area contributed by atoms with Crippen molar-refractivity contribution in [1.82, 2.24) is 19.9 Å². The van der Waals surface area contributed by atoms with Crippen molar-refractivity contribution in [3.05, 3.63) is 47.1 Å². The lowest BCUT2D eigenvalue weighted by molar-refractivity contribution is 0.323. The molecular formula is C23H34N4. The largest absolute Gasteiger partial charge is 0.241 e. The van der Waals surface area contributed by atoms with E-state index < -0.39 is 0 Å². The number of nitrogens with zero attached hydrogens (tertiary/aromatic N) is 4. The number of aryl methyl sites for hydroxylation is 2. The molecule has 2 aromatic heterocycles. The third kappa shape index (κ3) is 6.37. The first-order valence-corrected chi connectivity index (χ1v) is 10.2. The van der Waals surface area contributed by atoms with Gasteiger partial charge in [0.05, 0.1) is 0 Å². The molecular weight excluding hydrogens is 332 g/mol. The van der Waals surface area contributed by atoms with Gasteiger partial charge in [0.15, 0.2) is 0 Å². The Balaban J connectivity index is 1.63. The van der Waals surface area contributed by atoms with E-state index in [9.17, 15) is 0 Å². The average Bonchev–Trinajstić information content (AvgIpc) is 3.35. The zero-order valence-corrected chi connectivity index (χ0v) is 17.8. The molecule has 0 spiro atoms. The fourth-order valence-corrected chi connectivity index (χ4v) is 3.47. The minimum Gasteiger partial charge on any atom is -0.241 e. The SMILES string of the molecule is Cc1cc(CCC(C)(C)Cc2nccc(C3CC3)n2)nc(CC(C)(C)C)n1. The van der Waals surface area contributed by atoms with E-state index in [-0.39, 0.29) is 10.8 Å². The van der Waals surface area contributed by atoms with Crippen molar-refractivity contribution in [2.75, 3.05) is 0 Å². The van der Waals surface area contributed by atoms with Crippen LogP contribution in [0.3, 0.4) is 0 Å². The summed E-state index contributed by atoms with van der Waals surface area (Å²) < 4.78 is 0. The van der Waals surface area contributed by atoms with Crippen molar-refractivity contribution in [2.24, 2.45) is 10.8 Å². The molecule has 1 fully saturated rings. The van der Waals surface area contributed by atoms with Crippen LogP contribution in [0.5, 0.6) is 0 Å². The zero-order chi connectivity index (χ0) is 19.7. The van der Waals surface area contributed by atoms with E-state index in [4.69, 9.17) is 9.97 Å². The summed E-state index contributed by atoms with van der Waals surface area (Å²) in [5.74, 6) is 2.63. The van der Waals surface area contributed by atoms with Crippen LogP contribution in [0.2, 0.25) is 0 Å². The van der Waals surface area contributed by atoms with Gasteiger partial charge in [0.25, 0.3) is 0 Å². The maximum atomic E-state index is 4.83. The van der Waals surface area contributed by atoms with Gasteiger partial charge in [-0.25, -0.2) is 19.9 Å². The summed E-state index contributed by atoms with van der Waals surface area (Å²) in [5.41, 5.74) is 3.80. The molecule has 0 atom stereocenters. The molecule has 2 heterocycles. The molecule has 2 aromatic rings. The van der Waals surface area contributed by atoms with Crippen molar-refractivity contribution in [1.29, 1.82) is 0 Å². The Morgan fingerprint density at radius 3 is 2.37 bits per heavy atom. The van der Waals surface area contributed by atoms with Gasteiger partial charge in [0, 0.05) is 42.0 Å². The Bertz CT molecular complexity index is 785. The molecule has 0 aliphatic heterocycles. The second kappa shape index (κ2) is 7.65. The zero-order valence-electron chi connectivity index (χ0n) is 17.8. The number of rotatable bonds is 7. The van der Waals surface area contributed by atoms with Crippen molar-refractivity contribution in [3.63, 3.8) is 0 Å². The van der Waals surface area contributed by atoms with E-state index in [2.05, 4.69) is 63.6 Å². The fraction of sp³-hybridized carbons (Fsp3) is 0.652. The Morgan fingerprint density at radius 2 is 1.70 bits per heavy atom. The van der Waals surface area contributed by atoms with Gasteiger partial charge in [-0.05, 0) is 55.6 Å². The summed E-state index contributed by atoms with van der Waals surface area (Å²) in [6, 6.07) is 4.21. The standard InChI is InChI=1S/C23H34N4/c1-16-13-18(26-21(25-16)14-22(2,3)4)9-11-23(5,6)15-20-24-12-10-19(27-20)17-7-8-17/h10,12-13,17H,7-9,11,14-15H2,1-6H3. The van der Waals surface area contributed by atoms with E-state index in [1.807, 2.05) is 6.20 Å². The van der Waals surface area contributed by atoms with Crippen molar-refractivity contribution in [3.8, 4) is 0 Å². The first kappa shape index (κ1) is 19.9. The predicted molar refractivity (Wildman–Crippen MR) is 110 cm³/mol. The highest BCUT2D eigenvalue weighted by Crippen LogP contribution is 2.39. The minimum absolute atomic E-state index is 0.144. The van der Waals surface area contributed by atoms with E-state index in [0.717, 1.165) is 48.7 Å². The summed E-state index contributed by atoms with van der Waals surface area (Å²) in [7, 11) is 0. The van der Waals surface area contributed by atoms with E-state index in [1.165, 1.54) is 18.5 Å². The highest BCUT2D eigenvalue weighted by molar-refractivity contribution is 5.15. The van der Waals surface area contributed by atoms with Crippen LogP contribution in [0.25, 0.3) is 0 Å². The molecule has 0 saturated heterocycles. The Labute approximate surface area is 164 Å². The van der Waals surface area contributed by atoms with Crippen LogP contribution < -0.4 is 0 Å². The number of hydrogen-bond acceptors (Lipinski definition) is 4. The summed E-state index contributed by atoms with van der Waals surface area (Å²) >= 11 is 0. The Hall–Kier alpha value is -1.84. The molecule has 27 heavy (non-hydrogen) atoms. The quantitative estimate of drug-likeness (QED) is 0.672. The van der Waals surface area contributed by atoms with Crippen LogP contribution in [-0.2, 0) is 19.3 Å². The second-order valence-electron chi connectivity index (χ2n) is 10.2. The van der Waals surface area contributed by atoms with Crippen molar-refractivity contribution < 1.29 is 0 Å². The highest BCUT2D eigenvalue weighted by Gasteiger charge is 2.26. The highest BCUT2D eigenvalue weighted by atomic mass is 14.9. The van der Waals surface area contributed by atoms with Crippen molar-refractivity contribution >= 4 is 0 Å². The molecule has 3 rings (SSSR count). The van der Waals surface area contributed by atoms with Gasteiger partial charge in [-0.3, -0.25) is 0 Å². The first-order valence-electron chi connectivity index (χ1n) is 10.2. The monoisotopic (exact) mass is 366 g/mol. The van der Waals surface area contributed by atoms with Crippen molar-refractivity contribution in [2.45, 2.75) is 86.0 Å². The molecule has 0 N–H and O–H groups in total. The van der Waals surface area contributed by atoms with Crippen LogP contribution >= 0.6 is 0 Å². The molecule has 0 aromatic carbocycles. The smallest absolute Gasteiger partial charge is 0.129 e. The fourth-order valence-electron chi connectivity index (χ4n) is 3.47. The van der Waals surface area contributed by atoms with Gasteiger partial charge in [-0.2, -0.15) is 0 Å². The minimum atomic E-state index is 0.144. The van der Waals surface area contributed by atoms with Crippen LogP contribution in [0.1, 0.15) is 88.5 Å². The third-order valence-electron chi connectivity index (χ3n) is 5.06. The van der Waals surface area contributed by atoms with Crippen LogP contribution in [0.15, 0.2) is 18.3 Å². The van der Waals surface area contributed by atoms with Gasteiger partial charge in [0.1, 0.15) is 11.6 Å². The van der Waals surface area contributed by atoms with E-state index in [0.29, 0.717) is 5.92 Å².